The topological polar surface area (TPSA) is 58.6 Å². The normalized spacial score (nSPS) is 15.2. The van der Waals surface area contributed by atoms with E-state index in [4.69, 9.17) is 9.84 Å². The van der Waals surface area contributed by atoms with Crippen molar-refractivity contribution in [2.45, 2.75) is 19.0 Å². The van der Waals surface area contributed by atoms with Crippen molar-refractivity contribution in [1.82, 2.24) is 5.32 Å². The number of halogens is 2. The van der Waals surface area contributed by atoms with Gasteiger partial charge >= 0.3 is 0 Å². The second kappa shape index (κ2) is 6.47. The number of carbonyl (C=O) groups is 1. The fourth-order valence-corrected chi connectivity index (χ4v) is 1.84. The molecule has 0 fully saturated rings. The van der Waals surface area contributed by atoms with Gasteiger partial charge in [-0.05, 0) is 29.3 Å². The molecule has 2 N–H and O–H groups in total. The van der Waals surface area contributed by atoms with Crippen molar-refractivity contribution in [3.05, 3.63) is 35.4 Å². The van der Waals surface area contributed by atoms with E-state index in [1.807, 2.05) is 18.2 Å². The molecule has 0 radical (unpaired) electrons. The van der Waals surface area contributed by atoms with Crippen LogP contribution in [0.25, 0.3) is 6.08 Å². The Kier molecular flexibility index (Phi) is 4.68. The maximum atomic E-state index is 12.0. The van der Waals surface area contributed by atoms with Crippen LogP contribution in [0.3, 0.4) is 0 Å². The van der Waals surface area contributed by atoms with Gasteiger partial charge in [-0.15, -0.1) is 0 Å². The summed E-state index contributed by atoms with van der Waals surface area (Å²) in [4.78, 5) is 11.4. The quantitative estimate of drug-likeness (QED) is 0.803. The summed E-state index contributed by atoms with van der Waals surface area (Å²) < 4.78 is 29.4. The highest BCUT2D eigenvalue weighted by molar-refractivity contribution is 5.91. The highest BCUT2D eigenvalue weighted by Crippen LogP contribution is 2.26. The molecule has 0 spiro atoms. The Morgan fingerprint density at radius 2 is 2.30 bits per heavy atom. The maximum Gasteiger partial charge on any atom is 0.265 e. The second-order valence-electron chi connectivity index (χ2n) is 4.45. The lowest BCUT2D eigenvalue weighted by atomic mass is 10.1. The van der Waals surface area contributed by atoms with Gasteiger partial charge in [0.2, 0.25) is 5.91 Å². The number of aliphatic hydroxyl groups is 1. The molecular weight excluding hydrogens is 268 g/mol. The summed E-state index contributed by atoms with van der Waals surface area (Å²) in [6.07, 6.45) is -1.04. The lowest BCUT2D eigenvalue weighted by molar-refractivity contribution is -0.117. The van der Waals surface area contributed by atoms with E-state index in [1.54, 1.807) is 6.08 Å². The van der Waals surface area contributed by atoms with E-state index < -0.39 is 25.0 Å². The summed E-state index contributed by atoms with van der Waals surface area (Å²) >= 11 is 0. The molecule has 20 heavy (non-hydrogen) atoms. The minimum Gasteiger partial charge on any atom is -0.493 e. The predicted octanol–water partition coefficient (Wildman–Crippen LogP) is 1.38. The Hall–Kier alpha value is -1.95. The molecule has 1 atom stereocenters. The van der Waals surface area contributed by atoms with E-state index in [2.05, 4.69) is 5.32 Å². The number of benzene rings is 1. The van der Waals surface area contributed by atoms with Crippen molar-refractivity contribution in [3.63, 3.8) is 0 Å². The Morgan fingerprint density at radius 1 is 1.50 bits per heavy atom. The lowest BCUT2D eigenvalue weighted by Crippen LogP contribution is -2.34. The summed E-state index contributed by atoms with van der Waals surface area (Å²) in [5.74, 6) is 0.327. The van der Waals surface area contributed by atoms with Crippen molar-refractivity contribution >= 4 is 12.0 Å². The number of fused-ring (bicyclic) bond motifs is 1. The number of aliphatic hydroxyl groups excluding tert-OH is 1. The first-order chi connectivity index (χ1) is 9.56. The van der Waals surface area contributed by atoms with Crippen LogP contribution in [0.1, 0.15) is 11.1 Å². The molecule has 0 saturated heterocycles. The van der Waals surface area contributed by atoms with E-state index in [0.29, 0.717) is 6.61 Å². The van der Waals surface area contributed by atoms with Crippen LogP contribution >= 0.6 is 0 Å². The molecule has 6 heteroatoms. The van der Waals surface area contributed by atoms with Gasteiger partial charge in [0.15, 0.2) is 0 Å². The van der Waals surface area contributed by atoms with Crippen molar-refractivity contribution in [1.29, 1.82) is 0 Å². The molecule has 0 aromatic heterocycles. The highest BCUT2D eigenvalue weighted by atomic mass is 19.3. The van der Waals surface area contributed by atoms with Gasteiger partial charge in [-0.3, -0.25) is 4.79 Å². The second-order valence-corrected chi connectivity index (χ2v) is 4.45. The fourth-order valence-electron chi connectivity index (χ4n) is 1.84. The zero-order chi connectivity index (χ0) is 14.5. The standard InChI is InChI=1S/C14H15F2NO3/c15-14(16)11(18)8-17-13(19)4-2-9-1-3-12-10(7-9)5-6-20-12/h1-4,7,11,14,18H,5-6,8H2,(H,17,19)/b4-2+. The van der Waals surface area contributed by atoms with Gasteiger partial charge in [0, 0.05) is 19.0 Å². The fraction of sp³-hybridized carbons (Fsp3) is 0.357. The number of alkyl halides is 2. The molecular formula is C14H15F2NO3. The van der Waals surface area contributed by atoms with Gasteiger partial charge in [0.25, 0.3) is 6.43 Å². The third-order valence-corrected chi connectivity index (χ3v) is 2.92. The van der Waals surface area contributed by atoms with Crippen LogP contribution in [0.15, 0.2) is 24.3 Å². The molecule has 0 aliphatic carbocycles. The summed E-state index contributed by atoms with van der Waals surface area (Å²) in [5.41, 5.74) is 1.92. The first-order valence-electron chi connectivity index (χ1n) is 6.24. The van der Waals surface area contributed by atoms with Gasteiger partial charge in [-0.25, -0.2) is 8.78 Å². The Balaban J connectivity index is 1.87. The SMILES string of the molecule is O=C(/C=C/c1ccc2c(c1)CCO2)NCC(O)C(F)F. The molecule has 1 unspecified atom stereocenters. The van der Waals surface area contributed by atoms with Crippen molar-refractivity contribution < 1.29 is 23.4 Å². The van der Waals surface area contributed by atoms with Crippen LogP contribution in [-0.2, 0) is 11.2 Å². The zero-order valence-corrected chi connectivity index (χ0v) is 10.7. The summed E-state index contributed by atoms with van der Waals surface area (Å²) in [6, 6.07) is 5.56. The van der Waals surface area contributed by atoms with Crippen molar-refractivity contribution in [3.8, 4) is 5.75 Å². The van der Waals surface area contributed by atoms with E-state index in [1.165, 1.54) is 6.08 Å². The highest BCUT2D eigenvalue weighted by Gasteiger charge is 2.16. The monoisotopic (exact) mass is 283 g/mol. The van der Waals surface area contributed by atoms with E-state index >= 15 is 0 Å². The van der Waals surface area contributed by atoms with Crippen molar-refractivity contribution in [2.24, 2.45) is 0 Å². The minimum atomic E-state index is -2.86. The van der Waals surface area contributed by atoms with Gasteiger partial charge in [-0.1, -0.05) is 6.07 Å². The van der Waals surface area contributed by atoms with Crippen LogP contribution in [0, 0.1) is 0 Å². The van der Waals surface area contributed by atoms with Gasteiger partial charge < -0.3 is 15.2 Å². The van der Waals surface area contributed by atoms with E-state index in [9.17, 15) is 13.6 Å². The first-order valence-corrected chi connectivity index (χ1v) is 6.24. The molecule has 108 valence electrons. The number of rotatable bonds is 5. The number of hydrogen-bond acceptors (Lipinski definition) is 3. The van der Waals surface area contributed by atoms with Gasteiger partial charge in [0.1, 0.15) is 11.9 Å². The number of amides is 1. The Morgan fingerprint density at radius 3 is 3.05 bits per heavy atom. The summed E-state index contributed by atoms with van der Waals surface area (Å²) in [5, 5.41) is 11.1. The third kappa shape index (κ3) is 3.77. The molecule has 0 bridgehead atoms. The van der Waals surface area contributed by atoms with Crippen LogP contribution in [0.5, 0.6) is 5.75 Å². The van der Waals surface area contributed by atoms with Crippen LogP contribution in [-0.4, -0.2) is 36.7 Å². The summed E-state index contributed by atoms with van der Waals surface area (Å²) in [7, 11) is 0. The molecule has 1 heterocycles. The van der Waals surface area contributed by atoms with Gasteiger partial charge in [-0.2, -0.15) is 0 Å². The average Bonchev–Trinajstić information content (AvgIpc) is 2.89. The molecule has 1 aromatic rings. The molecule has 1 aliphatic rings. The minimum absolute atomic E-state index is 0.473. The maximum absolute atomic E-state index is 12.0. The van der Waals surface area contributed by atoms with Gasteiger partial charge in [0.05, 0.1) is 6.61 Å². The van der Waals surface area contributed by atoms with Crippen LogP contribution in [0.4, 0.5) is 8.78 Å². The average molecular weight is 283 g/mol. The predicted molar refractivity (Wildman–Crippen MR) is 69.7 cm³/mol. The third-order valence-electron chi connectivity index (χ3n) is 2.92. The molecule has 1 aliphatic heterocycles. The zero-order valence-electron chi connectivity index (χ0n) is 10.7. The van der Waals surface area contributed by atoms with E-state index in [0.717, 1.165) is 23.3 Å². The number of nitrogens with one attached hydrogen (secondary N) is 1. The lowest BCUT2D eigenvalue weighted by Gasteiger charge is -2.08. The van der Waals surface area contributed by atoms with Crippen molar-refractivity contribution in [2.75, 3.05) is 13.2 Å². The largest absolute Gasteiger partial charge is 0.493 e. The molecule has 4 nitrogen and oxygen atoms in total. The molecule has 0 saturated carbocycles. The smallest absolute Gasteiger partial charge is 0.265 e. The van der Waals surface area contributed by atoms with Crippen LogP contribution < -0.4 is 10.1 Å². The van der Waals surface area contributed by atoms with E-state index in [-0.39, 0.29) is 0 Å². The Labute approximate surface area is 115 Å². The number of carbonyl (C=O) groups excluding carboxylic acids is 1. The summed E-state index contributed by atoms with van der Waals surface area (Å²) in [6.45, 7) is 0.188. The number of hydrogen-bond donors (Lipinski definition) is 2. The first kappa shape index (κ1) is 14.5. The molecule has 2 rings (SSSR count). The number of ether oxygens (including phenoxy) is 1. The Bertz CT molecular complexity index is 517. The molecule has 1 amide bonds. The molecule has 1 aromatic carbocycles. The van der Waals surface area contributed by atoms with Crippen LogP contribution in [0.2, 0.25) is 0 Å².